The van der Waals surface area contributed by atoms with Crippen molar-refractivity contribution in [3.8, 4) is 0 Å². The molecule has 0 aliphatic heterocycles. The Kier molecular flexibility index (Phi) is 5.80. The third-order valence-corrected chi connectivity index (χ3v) is 5.24. The molecule has 6 heteroatoms. The number of nitrogens with two attached hydrogens (primary N) is 1. The third kappa shape index (κ3) is 3.42. The molecule has 0 saturated heterocycles. The van der Waals surface area contributed by atoms with Crippen LogP contribution in [-0.4, -0.2) is 30.0 Å². The van der Waals surface area contributed by atoms with Gasteiger partial charge in [-0.2, -0.15) is 0 Å². The Labute approximate surface area is 125 Å². The van der Waals surface area contributed by atoms with Crippen LogP contribution in [0.3, 0.4) is 0 Å². The second-order valence-corrected chi connectivity index (χ2v) is 6.00. The lowest BCUT2D eigenvalue weighted by Crippen LogP contribution is -2.47. The molecule has 5 nitrogen and oxygen atoms in total. The van der Waals surface area contributed by atoms with Crippen LogP contribution in [0.5, 0.6) is 0 Å². The second-order valence-electron chi connectivity index (χ2n) is 5.02. The van der Waals surface area contributed by atoms with Gasteiger partial charge in [-0.15, -0.1) is 0 Å². The summed E-state index contributed by atoms with van der Waals surface area (Å²) < 4.78 is 0. The zero-order valence-corrected chi connectivity index (χ0v) is 13.9. The van der Waals surface area contributed by atoms with Crippen LogP contribution in [0.4, 0.5) is 10.9 Å². The van der Waals surface area contributed by atoms with Crippen LogP contribution in [0.25, 0.3) is 0 Å². The first kappa shape index (κ1) is 16.8. The SMILES string of the molecule is CCN(C)c1nc(N)c(C(=O)NC(CC)(CC)CC)s1. The molecule has 0 spiro atoms. The molecule has 3 N–H and O–H groups in total. The minimum Gasteiger partial charge on any atom is -0.382 e. The van der Waals surface area contributed by atoms with Gasteiger partial charge in [0.2, 0.25) is 0 Å². The number of hydrogen-bond acceptors (Lipinski definition) is 5. The van der Waals surface area contributed by atoms with E-state index < -0.39 is 0 Å². The first-order chi connectivity index (χ1) is 9.42. The summed E-state index contributed by atoms with van der Waals surface area (Å²) in [4.78, 5) is 19.2. The van der Waals surface area contributed by atoms with Gasteiger partial charge in [0, 0.05) is 19.1 Å². The van der Waals surface area contributed by atoms with E-state index in [0.29, 0.717) is 10.7 Å². The molecule has 0 radical (unpaired) electrons. The number of carbonyl (C=O) groups excluding carboxylic acids is 1. The van der Waals surface area contributed by atoms with Crippen molar-refractivity contribution in [1.82, 2.24) is 10.3 Å². The van der Waals surface area contributed by atoms with E-state index in [-0.39, 0.29) is 11.4 Å². The molecule has 1 heterocycles. The van der Waals surface area contributed by atoms with Crippen molar-refractivity contribution >= 4 is 28.2 Å². The molecule has 0 fully saturated rings. The molecule has 0 aromatic carbocycles. The predicted octanol–water partition coefficient (Wildman–Crippen LogP) is 2.88. The molecular formula is C14H26N4OS. The van der Waals surface area contributed by atoms with E-state index >= 15 is 0 Å². The lowest BCUT2D eigenvalue weighted by atomic mass is 9.90. The average Bonchev–Trinajstić information content (AvgIpc) is 2.86. The first-order valence-corrected chi connectivity index (χ1v) is 8.04. The van der Waals surface area contributed by atoms with E-state index in [1.807, 2.05) is 18.9 Å². The number of nitrogens with one attached hydrogen (secondary N) is 1. The van der Waals surface area contributed by atoms with Gasteiger partial charge in [-0.05, 0) is 26.2 Å². The Bertz CT molecular complexity index is 446. The van der Waals surface area contributed by atoms with Crippen molar-refractivity contribution in [1.29, 1.82) is 0 Å². The Morgan fingerprint density at radius 3 is 2.30 bits per heavy atom. The Balaban J connectivity index is 2.95. The molecule has 0 saturated carbocycles. The average molecular weight is 298 g/mol. The van der Waals surface area contributed by atoms with E-state index in [1.165, 1.54) is 11.3 Å². The second kappa shape index (κ2) is 6.92. The molecule has 114 valence electrons. The van der Waals surface area contributed by atoms with Gasteiger partial charge in [0.05, 0.1) is 0 Å². The van der Waals surface area contributed by atoms with E-state index in [4.69, 9.17) is 5.73 Å². The van der Waals surface area contributed by atoms with Crippen molar-refractivity contribution in [2.24, 2.45) is 0 Å². The van der Waals surface area contributed by atoms with E-state index in [2.05, 4.69) is 31.1 Å². The predicted molar refractivity (Wildman–Crippen MR) is 86.5 cm³/mol. The summed E-state index contributed by atoms with van der Waals surface area (Å²) in [5.41, 5.74) is 5.74. The number of rotatable bonds is 7. The Morgan fingerprint density at radius 1 is 1.30 bits per heavy atom. The molecular weight excluding hydrogens is 272 g/mol. The highest BCUT2D eigenvalue weighted by molar-refractivity contribution is 7.18. The van der Waals surface area contributed by atoms with Gasteiger partial charge >= 0.3 is 0 Å². The maximum atomic E-state index is 12.4. The molecule has 0 aliphatic rings. The van der Waals surface area contributed by atoms with Gasteiger partial charge in [0.1, 0.15) is 10.7 Å². The smallest absolute Gasteiger partial charge is 0.265 e. The molecule has 1 aromatic heterocycles. The summed E-state index contributed by atoms with van der Waals surface area (Å²) in [6.07, 6.45) is 2.73. The number of thiazole rings is 1. The van der Waals surface area contributed by atoms with Crippen molar-refractivity contribution < 1.29 is 4.79 Å². The van der Waals surface area contributed by atoms with Crippen LogP contribution in [-0.2, 0) is 0 Å². The molecule has 0 atom stereocenters. The van der Waals surface area contributed by atoms with Crippen molar-refractivity contribution in [2.75, 3.05) is 24.2 Å². The highest BCUT2D eigenvalue weighted by Gasteiger charge is 2.28. The van der Waals surface area contributed by atoms with Crippen LogP contribution in [0.15, 0.2) is 0 Å². The number of amides is 1. The van der Waals surface area contributed by atoms with Crippen molar-refractivity contribution in [2.45, 2.75) is 52.5 Å². The summed E-state index contributed by atoms with van der Waals surface area (Å²) in [6, 6.07) is 0. The highest BCUT2D eigenvalue weighted by Crippen LogP contribution is 2.28. The Morgan fingerprint density at radius 2 is 1.85 bits per heavy atom. The fraction of sp³-hybridized carbons (Fsp3) is 0.714. The normalized spacial score (nSPS) is 11.4. The fourth-order valence-electron chi connectivity index (χ4n) is 2.09. The van der Waals surface area contributed by atoms with E-state index in [9.17, 15) is 4.79 Å². The van der Waals surface area contributed by atoms with Gasteiger partial charge in [0.25, 0.3) is 5.91 Å². The van der Waals surface area contributed by atoms with Gasteiger partial charge in [-0.1, -0.05) is 32.1 Å². The first-order valence-electron chi connectivity index (χ1n) is 7.22. The van der Waals surface area contributed by atoms with E-state index in [1.54, 1.807) is 0 Å². The molecule has 1 amide bonds. The fourth-order valence-corrected chi connectivity index (χ4v) is 3.00. The zero-order valence-electron chi connectivity index (χ0n) is 13.1. The van der Waals surface area contributed by atoms with Crippen molar-refractivity contribution in [3.05, 3.63) is 4.88 Å². The molecule has 0 aliphatic carbocycles. The summed E-state index contributed by atoms with van der Waals surface area (Å²) in [7, 11) is 1.94. The minimum atomic E-state index is -0.148. The molecule has 20 heavy (non-hydrogen) atoms. The van der Waals surface area contributed by atoms with Crippen LogP contribution in [0.1, 0.15) is 56.6 Å². The summed E-state index contributed by atoms with van der Waals surface area (Å²) in [6.45, 7) is 9.16. The number of carbonyl (C=O) groups is 1. The van der Waals surface area contributed by atoms with Crippen LogP contribution in [0, 0.1) is 0 Å². The highest BCUT2D eigenvalue weighted by atomic mass is 32.1. The Hall–Kier alpha value is -1.30. The molecule has 1 rings (SSSR count). The molecule has 0 unspecified atom stereocenters. The van der Waals surface area contributed by atoms with Crippen LogP contribution < -0.4 is 16.0 Å². The summed E-state index contributed by atoms with van der Waals surface area (Å²) in [5.74, 6) is 0.210. The maximum Gasteiger partial charge on any atom is 0.265 e. The van der Waals surface area contributed by atoms with E-state index in [0.717, 1.165) is 30.9 Å². The van der Waals surface area contributed by atoms with Crippen LogP contribution >= 0.6 is 11.3 Å². The number of nitrogens with zero attached hydrogens (tertiary/aromatic N) is 2. The van der Waals surface area contributed by atoms with Gasteiger partial charge < -0.3 is 16.0 Å². The summed E-state index contributed by atoms with van der Waals surface area (Å²) >= 11 is 1.35. The van der Waals surface area contributed by atoms with Gasteiger partial charge in [-0.3, -0.25) is 4.79 Å². The van der Waals surface area contributed by atoms with Crippen molar-refractivity contribution in [3.63, 3.8) is 0 Å². The standard InChI is InChI=1S/C14H26N4OS/c1-6-14(7-2,8-3)17-12(19)10-11(15)16-13(20-10)18(5)9-4/h6-9,15H2,1-5H3,(H,17,19). The number of hydrogen-bond donors (Lipinski definition) is 2. The summed E-state index contributed by atoms with van der Waals surface area (Å²) in [5, 5.41) is 3.92. The molecule has 1 aromatic rings. The lowest BCUT2D eigenvalue weighted by Gasteiger charge is -2.31. The van der Waals surface area contributed by atoms with Gasteiger partial charge in [-0.25, -0.2) is 4.98 Å². The van der Waals surface area contributed by atoms with Crippen LogP contribution in [0.2, 0.25) is 0 Å². The quantitative estimate of drug-likeness (QED) is 0.812. The topological polar surface area (TPSA) is 71.2 Å². The number of nitrogen functional groups attached to an aromatic ring is 1. The lowest BCUT2D eigenvalue weighted by molar-refractivity contribution is 0.0893. The maximum absolute atomic E-state index is 12.4. The minimum absolute atomic E-state index is 0.110. The number of aromatic nitrogens is 1. The number of anilines is 2. The molecule has 0 bridgehead atoms. The zero-order chi connectivity index (χ0) is 15.3. The third-order valence-electron chi connectivity index (χ3n) is 4.06. The largest absolute Gasteiger partial charge is 0.382 e. The van der Waals surface area contributed by atoms with Gasteiger partial charge in [0.15, 0.2) is 5.13 Å². The monoisotopic (exact) mass is 298 g/mol.